The summed E-state index contributed by atoms with van der Waals surface area (Å²) in [6, 6.07) is 9.44. The Morgan fingerprint density at radius 2 is 1.80 bits per heavy atom. The van der Waals surface area contributed by atoms with Crippen LogP contribution in [-0.4, -0.2) is 26.7 Å². The van der Waals surface area contributed by atoms with Crippen LogP contribution in [0.3, 0.4) is 0 Å². The summed E-state index contributed by atoms with van der Waals surface area (Å²) in [5, 5.41) is 6.58. The predicted molar refractivity (Wildman–Crippen MR) is 101 cm³/mol. The molecule has 2 aromatic carbocycles. The third-order valence-corrected chi connectivity index (χ3v) is 4.09. The average molecular weight is 363 g/mol. The summed E-state index contributed by atoms with van der Waals surface area (Å²) in [6.45, 7) is 4.50. The van der Waals surface area contributed by atoms with Gasteiger partial charge in [-0.05, 0) is 48.7 Å². The van der Waals surface area contributed by atoms with Crippen molar-refractivity contribution in [2.45, 2.75) is 20.4 Å². The fourth-order valence-corrected chi connectivity index (χ4v) is 2.95. The van der Waals surface area contributed by atoms with Crippen LogP contribution in [0.1, 0.15) is 16.7 Å². The first-order chi connectivity index (χ1) is 11.9. The zero-order valence-corrected chi connectivity index (χ0v) is 15.7. The first-order valence-corrected chi connectivity index (χ1v) is 8.30. The Labute approximate surface area is 153 Å². The molecular weight excluding hydrogens is 340 g/mol. The monoisotopic (exact) mass is 362 g/mol. The normalized spacial score (nSPS) is 10.3. The zero-order chi connectivity index (χ0) is 18.4. The first kappa shape index (κ1) is 18.9. The summed E-state index contributed by atoms with van der Waals surface area (Å²) in [7, 11) is 3.17. The molecule has 6 heteroatoms. The minimum Gasteiger partial charge on any atom is -0.493 e. The van der Waals surface area contributed by atoms with Crippen molar-refractivity contribution in [3.63, 3.8) is 0 Å². The number of rotatable bonds is 7. The summed E-state index contributed by atoms with van der Waals surface area (Å²) < 4.78 is 10.5. The highest BCUT2D eigenvalue weighted by molar-refractivity contribution is 6.33. The number of amides is 1. The summed E-state index contributed by atoms with van der Waals surface area (Å²) in [6.07, 6.45) is 0. The predicted octanol–water partition coefficient (Wildman–Crippen LogP) is 3.70. The second-order valence-corrected chi connectivity index (χ2v) is 6.17. The van der Waals surface area contributed by atoms with E-state index >= 15 is 0 Å². The molecule has 0 radical (unpaired) electrons. The number of methoxy groups -OCH3 is 2. The van der Waals surface area contributed by atoms with Crippen molar-refractivity contribution in [1.82, 2.24) is 5.32 Å². The Kier molecular flexibility index (Phi) is 6.53. The maximum absolute atomic E-state index is 12.1. The number of aryl methyl sites for hydroxylation is 2. The molecule has 25 heavy (non-hydrogen) atoms. The third-order valence-electron chi connectivity index (χ3n) is 3.80. The Morgan fingerprint density at radius 3 is 2.44 bits per heavy atom. The van der Waals surface area contributed by atoms with E-state index in [0.717, 1.165) is 22.4 Å². The Morgan fingerprint density at radius 1 is 1.08 bits per heavy atom. The van der Waals surface area contributed by atoms with Crippen LogP contribution in [-0.2, 0) is 11.3 Å². The van der Waals surface area contributed by atoms with Gasteiger partial charge >= 0.3 is 0 Å². The highest BCUT2D eigenvalue weighted by Crippen LogP contribution is 2.28. The molecule has 0 unspecified atom stereocenters. The highest BCUT2D eigenvalue weighted by Gasteiger charge is 2.09. The number of halogens is 1. The Balaban J connectivity index is 1.91. The second kappa shape index (κ2) is 8.62. The van der Waals surface area contributed by atoms with Crippen molar-refractivity contribution in [1.29, 1.82) is 0 Å². The quantitative estimate of drug-likeness (QED) is 0.788. The molecule has 2 rings (SSSR count). The van der Waals surface area contributed by atoms with Crippen LogP contribution in [0.5, 0.6) is 11.5 Å². The summed E-state index contributed by atoms with van der Waals surface area (Å²) in [5.74, 6) is 1.17. The smallest absolute Gasteiger partial charge is 0.239 e. The van der Waals surface area contributed by atoms with Gasteiger partial charge in [-0.1, -0.05) is 23.7 Å². The Hall–Kier alpha value is -2.40. The maximum atomic E-state index is 12.1. The van der Waals surface area contributed by atoms with Gasteiger partial charge in [-0.3, -0.25) is 4.79 Å². The minimum absolute atomic E-state index is 0.120. The average Bonchev–Trinajstić information content (AvgIpc) is 2.58. The van der Waals surface area contributed by atoms with Crippen molar-refractivity contribution >= 4 is 23.2 Å². The van der Waals surface area contributed by atoms with Crippen molar-refractivity contribution in [2.75, 3.05) is 26.1 Å². The van der Waals surface area contributed by atoms with Crippen LogP contribution < -0.4 is 20.1 Å². The summed E-state index contributed by atoms with van der Waals surface area (Å²) >= 11 is 6.23. The third kappa shape index (κ3) is 5.03. The number of carbonyl (C=O) groups excluding carboxylic acids is 1. The molecule has 1 amide bonds. The molecule has 0 aromatic heterocycles. The number of hydrogen-bond donors (Lipinski definition) is 2. The molecule has 0 aliphatic heterocycles. The van der Waals surface area contributed by atoms with E-state index in [0.29, 0.717) is 23.1 Å². The van der Waals surface area contributed by atoms with E-state index in [1.165, 1.54) is 0 Å². The van der Waals surface area contributed by atoms with Gasteiger partial charge in [0.15, 0.2) is 11.5 Å². The first-order valence-electron chi connectivity index (χ1n) is 7.92. The molecular formula is C19H23ClN2O3. The lowest BCUT2D eigenvalue weighted by Gasteiger charge is -2.13. The zero-order valence-electron chi connectivity index (χ0n) is 14.9. The molecule has 0 spiro atoms. The number of nitrogens with one attached hydrogen (secondary N) is 2. The van der Waals surface area contributed by atoms with E-state index in [9.17, 15) is 4.79 Å². The molecule has 0 bridgehead atoms. The van der Waals surface area contributed by atoms with E-state index in [2.05, 4.69) is 10.6 Å². The standard InChI is InChI=1S/C19H23ClN2O3/c1-12-7-13(2)19(15(20)8-12)22-11-18(23)21-10-14-5-6-16(24-3)17(9-14)25-4/h5-9,22H,10-11H2,1-4H3,(H,21,23). The van der Waals surface area contributed by atoms with Gasteiger partial charge in [0.2, 0.25) is 5.91 Å². The van der Waals surface area contributed by atoms with Crippen LogP contribution >= 0.6 is 11.6 Å². The fourth-order valence-electron chi connectivity index (χ4n) is 2.56. The van der Waals surface area contributed by atoms with Gasteiger partial charge in [0.1, 0.15) is 0 Å². The van der Waals surface area contributed by atoms with Crippen molar-refractivity contribution in [3.8, 4) is 11.5 Å². The maximum Gasteiger partial charge on any atom is 0.239 e. The Bertz CT molecular complexity index is 739. The van der Waals surface area contributed by atoms with E-state index in [-0.39, 0.29) is 12.5 Å². The SMILES string of the molecule is COc1ccc(CNC(=O)CNc2c(C)cc(C)cc2Cl)cc1OC. The van der Waals surface area contributed by atoms with Gasteiger partial charge in [0.05, 0.1) is 31.5 Å². The van der Waals surface area contributed by atoms with Crippen LogP contribution in [0.15, 0.2) is 30.3 Å². The minimum atomic E-state index is -0.120. The van der Waals surface area contributed by atoms with Crippen molar-refractivity contribution in [3.05, 3.63) is 52.0 Å². The van der Waals surface area contributed by atoms with E-state index < -0.39 is 0 Å². The van der Waals surface area contributed by atoms with Crippen molar-refractivity contribution < 1.29 is 14.3 Å². The highest BCUT2D eigenvalue weighted by atomic mass is 35.5. The lowest BCUT2D eigenvalue weighted by molar-refractivity contribution is -0.119. The number of benzene rings is 2. The molecule has 2 aromatic rings. The number of hydrogen-bond acceptors (Lipinski definition) is 4. The van der Waals surface area contributed by atoms with Gasteiger partial charge in [0.25, 0.3) is 0 Å². The van der Waals surface area contributed by atoms with Crippen LogP contribution in [0.2, 0.25) is 5.02 Å². The van der Waals surface area contributed by atoms with E-state index in [1.54, 1.807) is 14.2 Å². The molecule has 0 atom stereocenters. The molecule has 0 aliphatic rings. The van der Waals surface area contributed by atoms with Gasteiger partial charge in [-0.15, -0.1) is 0 Å². The largest absolute Gasteiger partial charge is 0.493 e. The molecule has 2 N–H and O–H groups in total. The molecule has 0 saturated carbocycles. The lowest BCUT2D eigenvalue weighted by Crippen LogP contribution is -2.29. The number of carbonyl (C=O) groups is 1. The van der Waals surface area contributed by atoms with Crippen LogP contribution in [0.4, 0.5) is 5.69 Å². The van der Waals surface area contributed by atoms with E-state index in [4.69, 9.17) is 21.1 Å². The number of ether oxygens (including phenoxy) is 2. The second-order valence-electron chi connectivity index (χ2n) is 5.76. The number of anilines is 1. The van der Waals surface area contributed by atoms with Gasteiger partial charge < -0.3 is 20.1 Å². The van der Waals surface area contributed by atoms with Crippen molar-refractivity contribution in [2.24, 2.45) is 0 Å². The molecule has 0 heterocycles. The summed E-state index contributed by atoms with van der Waals surface area (Å²) in [5.41, 5.74) is 3.81. The fraction of sp³-hybridized carbons (Fsp3) is 0.316. The van der Waals surface area contributed by atoms with Gasteiger partial charge in [-0.25, -0.2) is 0 Å². The van der Waals surface area contributed by atoms with Crippen LogP contribution in [0, 0.1) is 13.8 Å². The molecule has 0 fully saturated rings. The molecule has 5 nitrogen and oxygen atoms in total. The molecule has 134 valence electrons. The lowest BCUT2D eigenvalue weighted by atomic mass is 10.1. The van der Waals surface area contributed by atoms with E-state index in [1.807, 2.05) is 44.2 Å². The molecule has 0 aliphatic carbocycles. The summed E-state index contributed by atoms with van der Waals surface area (Å²) in [4.78, 5) is 12.1. The van der Waals surface area contributed by atoms with Gasteiger partial charge in [0, 0.05) is 6.54 Å². The van der Waals surface area contributed by atoms with Crippen LogP contribution in [0.25, 0.3) is 0 Å². The molecule has 0 saturated heterocycles. The topological polar surface area (TPSA) is 59.6 Å². The van der Waals surface area contributed by atoms with Gasteiger partial charge in [-0.2, -0.15) is 0 Å².